The van der Waals surface area contributed by atoms with Gasteiger partial charge in [-0.05, 0) is 53.7 Å². The summed E-state index contributed by atoms with van der Waals surface area (Å²) in [6, 6.07) is 17.0. The fraction of sp³-hybridized carbons (Fsp3) is 0.222. The molecular weight excluding hydrogens is 232 g/mol. The van der Waals surface area contributed by atoms with E-state index >= 15 is 0 Å². The number of fused-ring (bicyclic) bond motifs is 1. The summed E-state index contributed by atoms with van der Waals surface area (Å²) < 4.78 is 5.31. The van der Waals surface area contributed by atoms with E-state index in [1.54, 1.807) is 7.11 Å². The lowest BCUT2D eigenvalue weighted by Crippen LogP contribution is -2.02. The second-order valence-corrected chi connectivity index (χ2v) is 4.96. The minimum Gasteiger partial charge on any atom is -0.497 e. The van der Waals surface area contributed by atoms with Crippen molar-refractivity contribution in [1.29, 1.82) is 0 Å². The molecule has 1 nitrogen and oxygen atoms in total. The molecule has 0 spiro atoms. The number of hydrogen-bond donors (Lipinski definition) is 0. The Kier molecular flexibility index (Phi) is 3.37. The number of aryl methyl sites for hydroxylation is 1. The molecule has 0 bridgehead atoms. The Balaban J connectivity index is 2.01. The first kappa shape index (κ1) is 12.0. The Morgan fingerprint density at radius 3 is 2.63 bits per heavy atom. The van der Waals surface area contributed by atoms with Crippen molar-refractivity contribution in [2.75, 3.05) is 7.11 Å². The van der Waals surface area contributed by atoms with Gasteiger partial charge in [0.05, 0.1) is 7.11 Å². The van der Waals surface area contributed by atoms with E-state index < -0.39 is 0 Å². The molecule has 0 N–H and O–H groups in total. The maximum atomic E-state index is 5.31. The maximum absolute atomic E-state index is 5.31. The summed E-state index contributed by atoms with van der Waals surface area (Å²) in [5.41, 5.74) is 5.51. The van der Waals surface area contributed by atoms with E-state index in [9.17, 15) is 0 Å². The molecule has 0 amide bonds. The van der Waals surface area contributed by atoms with Crippen molar-refractivity contribution >= 4 is 11.6 Å². The minimum atomic E-state index is 0.958. The second-order valence-electron chi connectivity index (χ2n) is 4.96. The lowest BCUT2D eigenvalue weighted by Gasteiger charge is -2.20. The molecule has 2 aromatic carbocycles. The average Bonchev–Trinajstić information content (AvgIpc) is 2.48. The zero-order valence-electron chi connectivity index (χ0n) is 11.2. The van der Waals surface area contributed by atoms with Crippen molar-refractivity contribution in [3.8, 4) is 5.75 Å². The minimum absolute atomic E-state index is 0.958. The third kappa shape index (κ3) is 2.55. The molecular formula is C18H18O. The van der Waals surface area contributed by atoms with Crippen LogP contribution in [0.25, 0.3) is 11.6 Å². The van der Waals surface area contributed by atoms with Crippen molar-refractivity contribution < 1.29 is 4.74 Å². The summed E-state index contributed by atoms with van der Waals surface area (Å²) in [4.78, 5) is 0. The zero-order chi connectivity index (χ0) is 13.1. The smallest absolute Gasteiger partial charge is 0.119 e. The van der Waals surface area contributed by atoms with Gasteiger partial charge in [-0.1, -0.05) is 42.5 Å². The third-order valence-corrected chi connectivity index (χ3v) is 3.69. The highest BCUT2D eigenvalue weighted by Crippen LogP contribution is 2.34. The zero-order valence-corrected chi connectivity index (χ0v) is 11.2. The number of allylic oxidation sites excluding steroid dienone is 1. The van der Waals surface area contributed by atoms with Crippen molar-refractivity contribution in [3.05, 3.63) is 65.2 Å². The van der Waals surface area contributed by atoms with Crippen LogP contribution in [0.1, 0.15) is 29.5 Å². The molecule has 0 atom stereocenters. The first-order chi connectivity index (χ1) is 9.36. The highest BCUT2D eigenvalue weighted by Gasteiger charge is 2.14. The third-order valence-electron chi connectivity index (χ3n) is 3.69. The predicted octanol–water partition coefficient (Wildman–Crippen LogP) is 4.57. The molecule has 1 aliphatic rings. The van der Waals surface area contributed by atoms with E-state index in [0.717, 1.165) is 18.6 Å². The molecule has 2 aromatic rings. The van der Waals surface area contributed by atoms with Gasteiger partial charge < -0.3 is 4.74 Å². The van der Waals surface area contributed by atoms with Gasteiger partial charge in [-0.25, -0.2) is 0 Å². The number of benzene rings is 2. The van der Waals surface area contributed by atoms with Gasteiger partial charge in [0.25, 0.3) is 0 Å². The summed E-state index contributed by atoms with van der Waals surface area (Å²) in [6.45, 7) is 0. The van der Waals surface area contributed by atoms with E-state index in [-0.39, 0.29) is 0 Å². The van der Waals surface area contributed by atoms with Gasteiger partial charge in [0.2, 0.25) is 0 Å². The van der Waals surface area contributed by atoms with Crippen LogP contribution in [0, 0.1) is 0 Å². The van der Waals surface area contributed by atoms with Gasteiger partial charge in [-0.2, -0.15) is 0 Å². The van der Waals surface area contributed by atoms with Crippen molar-refractivity contribution in [2.45, 2.75) is 19.3 Å². The summed E-state index contributed by atoms with van der Waals surface area (Å²) in [7, 11) is 1.73. The molecule has 3 rings (SSSR count). The number of methoxy groups -OCH3 is 1. The van der Waals surface area contributed by atoms with E-state index in [0.29, 0.717) is 0 Å². The van der Waals surface area contributed by atoms with Gasteiger partial charge in [0.1, 0.15) is 5.75 Å². The Labute approximate surface area is 114 Å². The molecule has 1 aliphatic carbocycles. The van der Waals surface area contributed by atoms with Crippen molar-refractivity contribution in [2.24, 2.45) is 0 Å². The van der Waals surface area contributed by atoms with Crippen LogP contribution >= 0.6 is 0 Å². The number of rotatable bonds is 2. The van der Waals surface area contributed by atoms with Gasteiger partial charge in [-0.3, -0.25) is 0 Å². The average molecular weight is 250 g/mol. The Hall–Kier alpha value is -2.02. The van der Waals surface area contributed by atoms with Gasteiger partial charge in [-0.15, -0.1) is 0 Å². The Morgan fingerprint density at radius 1 is 1.00 bits per heavy atom. The topological polar surface area (TPSA) is 9.23 Å². The molecule has 0 saturated heterocycles. The SMILES string of the molecule is COc1ccc2c(c1)CCC/C2=C\c1ccccc1. The molecule has 1 heteroatoms. The fourth-order valence-corrected chi connectivity index (χ4v) is 2.72. The first-order valence-electron chi connectivity index (χ1n) is 6.80. The lowest BCUT2D eigenvalue weighted by atomic mass is 9.86. The van der Waals surface area contributed by atoms with Crippen LogP contribution < -0.4 is 4.74 Å². The van der Waals surface area contributed by atoms with Crippen LogP contribution in [-0.4, -0.2) is 7.11 Å². The van der Waals surface area contributed by atoms with E-state index in [4.69, 9.17) is 4.74 Å². The van der Waals surface area contributed by atoms with Crippen LogP contribution in [0.4, 0.5) is 0 Å². The van der Waals surface area contributed by atoms with E-state index in [2.05, 4.69) is 54.6 Å². The Morgan fingerprint density at radius 2 is 1.84 bits per heavy atom. The van der Waals surface area contributed by atoms with Crippen LogP contribution in [0.2, 0.25) is 0 Å². The number of ether oxygens (including phenoxy) is 1. The summed E-state index contributed by atoms with van der Waals surface area (Å²) in [5.74, 6) is 0.958. The lowest BCUT2D eigenvalue weighted by molar-refractivity contribution is 0.414. The normalized spacial score (nSPS) is 16.2. The molecule has 0 aromatic heterocycles. The van der Waals surface area contributed by atoms with Crippen LogP contribution in [0.15, 0.2) is 48.5 Å². The van der Waals surface area contributed by atoms with Gasteiger partial charge >= 0.3 is 0 Å². The molecule has 0 saturated carbocycles. The summed E-state index contributed by atoms with van der Waals surface area (Å²) in [5, 5.41) is 0. The van der Waals surface area contributed by atoms with Crippen molar-refractivity contribution in [3.63, 3.8) is 0 Å². The fourth-order valence-electron chi connectivity index (χ4n) is 2.72. The molecule has 0 unspecified atom stereocenters. The summed E-state index contributed by atoms with van der Waals surface area (Å²) in [6.07, 6.45) is 5.84. The highest BCUT2D eigenvalue weighted by molar-refractivity contribution is 5.83. The predicted molar refractivity (Wildman–Crippen MR) is 80.2 cm³/mol. The van der Waals surface area contributed by atoms with Gasteiger partial charge in [0, 0.05) is 0 Å². The standard InChI is InChI=1S/C18H18O/c1-19-17-10-11-18-15(8-5-9-16(18)13-17)12-14-6-3-2-4-7-14/h2-4,6-7,10-13H,5,8-9H2,1H3/b15-12+. The molecule has 0 aliphatic heterocycles. The van der Waals surface area contributed by atoms with Gasteiger partial charge in [0.15, 0.2) is 0 Å². The number of hydrogen-bond acceptors (Lipinski definition) is 1. The summed E-state index contributed by atoms with van der Waals surface area (Å²) >= 11 is 0. The monoisotopic (exact) mass is 250 g/mol. The van der Waals surface area contributed by atoms with E-state index in [1.165, 1.54) is 28.7 Å². The first-order valence-corrected chi connectivity index (χ1v) is 6.80. The molecule has 0 fully saturated rings. The van der Waals surface area contributed by atoms with Crippen molar-refractivity contribution in [1.82, 2.24) is 0 Å². The van der Waals surface area contributed by atoms with Crippen LogP contribution in [0.3, 0.4) is 0 Å². The van der Waals surface area contributed by atoms with Crippen LogP contribution in [0.5, 0.6) is 5.75 Å². The van der Waals surface area contributed by atoms with E-state index in [1.807, 2.05) is 0 Å². The largest absolute Gasteiger partial charge is 0.497 e. The molecule has 0 radical (unpaired) electrons. The quantitative estimate of drug-likeness (QED) is 0.758. The molecule has 96 valence electrons. The second kappa shape index (κ2) is 5.31. The molecule has 0 heterocycles. The van der Waals surface area contributed by atoms with Crippen LogP contribution in [-0.2, 0) is 6.42 Å². The maximum Gasteiger partial charge on any atom is 0.119 e. The highest BCUT2D eigenvalue weighted by atomic mass is 16.5. The molecule has 19 heavy (non-hydrogen) atoms. The Bertz CT molecular complexity index is 596.